The van der Waals surface area contributed by atoms with Crippen LogP contribution in [0.25, 0.3) is 0 Å². The molecule has 0 spiro atoms. The lowest BCUT2D eigenvalue weighted by molar-refractivity contribution is 0.307. The van der Waals surface area contributed by atoms with Gasteiger partial charge in [0, 0.05) is 12.7 Å². The van der Waals surface area contributed by atoms with Crippen molar-refractivity contribution < 1.29 is 0 Å². The fourth-order valence-electron chi connectivity index (χ4n) is 2.00. The normalized spacial score (nSPS) is 22.3. The molecule has 76 valence electrons. The van der Waals surface area contributed by atoms with Crippen molar-refractivity contribution in [2.24, 2.45) is 5.92 Å². The quantitative estimate of drug-likeness (QED) is 0.779. The highest BCUT2D eigenvalue weighted by Crippen LogP contribution is 2.39. The molecule has 0 bridgehead atoms. The van der Waals surface area contributed by atoms with Gasteiger partial charge in [0.1, 0.15) is 0 Å². The number of aryl methyl sites for hydroxylation is 1. The number of hydrogen-bond donors (Lipinski definition) is 1. The minimum atomic E-state index is 0.842. The van der Waals surface area contributed by atoms with Gasteiger partial charge in [0.15, 0.2) is 0 Å². The standard InChI is InChI=1S/C11H17N3/c1-2-10(1)11-7-13-14(8-11)4-3-9-5-12-6-9/h7-10,12H,1-6H2. The van der Waals surface area contributed by atoms with Gasteiger partial charge in [0.25, 0.3) is 0 Å². The van der Waals surface area contributed by atoms with Crippen molar-refractivity contribution in [2.45, 2.75) is 31.7 Å². The third-order valence-electron chi connectivity index (χ3n) is 3.33. The Bertz CT molecular complexity index is 310. The Kier molecular flexibility index (Phi) is 2.05. The van der Waals surface area contributed by atoms with Gasteiger partial charge in [-0.3, -0.25) is 4.68 Å². The largest absolute Gasteiger partial charge is 0.316 e. The molecule has 0 aromatic carbocycles. The van der Waals surface area contributed by atoms with Crippen molar-refractivity contribution in [2.75, 3.05) is 13.1 Å². The van der Waals surface area contributed by atoms with E-state index in [1.54, 1.807) is 0 Å². The van der Waals surface area contributed by atoms with E-state index in [-0.39, 0.29) is 0 Å². The van der Waals surface area contributed by atoms with Crippen LogP contribution in [0, 0.1) is 5.92 Å². The molecular formula is C11H17N3. The van der Waals surface area contributed by atoms with Crippen LogP contribution in [0.3, 0.4) is 0 Å². The predicted molar refractivity (Wildman–Crippen MR) is 55.2 cm³/mol. The molecule has 1 N–H and O–H groups in total. The van der Waals surface area contributed by atoms with Gasteiger partial charge in [-0.05, 0) is 49.8 Å². The molecule has 2 heterocycles. The molecule has 1 aromatic heterocycles. The minimum absolute atomic E-state index is 0.842. The van der Waals surface area contributed by atoms with Crippen molar-refractivity contribution in [1.29, 1.82) is 0 Å². The summed E-state index contributed by atoms with van der Waals surface area (Å²) in [6.45, 7) is 3.51. The zero-order valence-electron chi connectivity index (χ0n) is 8.45. The lowest BCUT2D eigenvalue weighted by Crippen LogP contribution is -2.42. The van der Waals surface area contributed by atoms with Crippen LogP contribution in [0.1, 0.15) is 30.7 Å². The number of hydrogen-bond acceptors (Lipinski definition) is 2. The first-order chi connectivity index (χ1) is 6.92. The Labute approximate surface area is 84.5 Å². The lowest BCUT2D eigenvalue weighted by Gasteiger charge is -2.26. The van der Waals surface area contributed by atoms with E-state index in [4.69, 9.17) is 0 Å². The molecule has 1 saturated heterocycles. The summed E-state index contributed by atoms with van der Waals surface area (Å²) in [6, 6.07) is 0. The van der Waals surface area contributed by atoms with E-state index in [9.17, 15) is 0 Å². The summed E-state index contributed by atoms with van der Waals surface area (Å²) >= 11 is 0. The highest BCUT2D eigenvalue weighted by atomic mass is 15.3. The average molecular weight is 191 g/mol. The first-order valence-corrected chi connectivity index (χ1v) is 5.65. The Morgan fingerprint density at radius 1 is 1.43 bits per heavy atom. The predicted octanol–water partition coefficient (Wildman–Crippen LogP) is 1.37. The van der Waals surface area contributed by atoms with Gasteiger partial charge in [-0.2, -0.15) is 5.10 Å². The van der Waals surface area contributed by atoms with Crippen molar-refractivity contribution >= 4 is 0 Å². The Morgan fingerprint density at radius 3 is 2.93 bits per heavy atom. The molecule has 2 aliphatic rings. The summed E-state index contributed by atoms with van der Waals surface area (Å²) < 4.78 is 2.12. The Balaban J connectivity index is 1.54. The van der Waals surface area contributed by atoms with Crippen LogP contribution in [0.15, 0.2) is 12.4 Å². The molecule has 0 amide bonds. The zero-order chi connectivity index (χ0) is 9.38. The molecule has 3 nitrogen and oxygen atoms in total. The molecule has 0 atom stereocenters. The number of nitrogens with one attached hydrogen (secondary N) is 1. The van der Waals surface area contributed by atoms with Gasteiger partial charge in [-0.25, -0.2) is 0 Å². The number of aromatic nitrogens is 2. The van der Waals surface area contributed by atoms with Crippen LogP contribution in [-0.2, 0) is 6.54 Å². The third-order valence-corrected chi connectivity index (χ3v) is 3.33. The molecule has 3 heteroatoms. The highest BCUT2D eigenvalue weighted by Gasteiger charge is 2.24. The molecule has 1 aliphatic carbocycles. The topological polar surface area (TPSA) is 29.9 Å². The molecular weight excluding hydrogens is 174 g/mol. The second-order valence-corrected chi connectivity index (χ2v) is 4.62. The zero-order valence-corrected chi connectivity index (χ0v) is 8.45. The van der Waals surface area contributed by atoms with Crippen LogP contribution in [-0.4, -0.2) is 22.9 Å². The smallest absolute Gasteiger partial charge is 0.0524 e. The van der Waals surface area contributed by atoms with Crippen molar-refractivity contribution in [3.8, 4) is 0 Å². The first kappa shape index (κ1) is 8.48. The Hall–Kier alpha value is -0.830. The molecule has 0 radical (unpaired) electrons. The molecule has 1 saturated carbocycles. The van der Waals surface area contributed by atoms with Crippen LogP contribution in [0.4, 0.5) is 0 Å². The van der Waals surface area contributed by atoms with Crippen LogP contribution < -0.4 is 5.32 Å². The molecule has 2 fully saturated rings. The summed E-state index contributed by atoms with van der Waals surface area (Å²) in [5.41, 5.74) is 1.46. The fourth-order valence-corrected chi connectivity index (χ4v) is 2.00. The van der Waals surface area contributed by atoms with Crippen molar-refractivity contribution in [3.05, 3.63) is 18.0 Å². The van der Waals surface area contributed by atoms with Crippen molar-refractivity contribution in [3.63, 3.8) is 0 Å². The van der Waals surface area contributed by atoms with E-state index >= 15 is 0 Å². The summed E-state index contributed by atoms with van der Waals surface area (Å²) in [4.78, 5) is 0. The van der Waals surface area contributed by atoms with E-state index in [0.717, 1.165) is 18.4 Å². The van der Waals surface area contributed by atoms with E-state index in [2.05, 4.69) is 27.5 Å². The Morgan fingerprint density at radius 2 is 2.29 bits per heavy atom. The first-order valence-electron chi connectivity index (χ1n) is 5.65. The summed E-state index contributed by atoms with van der Waals surface area (Å²) in [7, 11) is 0. The van der Waals surface area contributed by atoms with Crippen molar-refractivity contribution in [1.82, 2.24) is 15.1 Å². The second kappa shape index (κ2) is 3.39. The molecule has 0 unspecified atom stereocenters. The van der Waals surface area contributed by atoms with Gasteiger partial charge in [-0.15, -0.1) is 0 Å². The molecule has 14 heavy (non-hydrogen) atoms. The fraction of sp³-hybridized carbons (Fsp3) is 0.727. The molecule has 1 aromatic rings. The maximum Gasteiger partial charge on any atom is 0.0524 e. The van der Waals surface area contributed by atoms with E-state index in [1.807, 2.05) is 0 Å². The summed E-state index contributed by atoms with van der Waals surface area (Å²) in [5, 5.41) is 7.71. The van der Waals surface area contributed by atoms with Crippen LogP contribution in [0.5, 0.6) is 0 Å². The highest BCUT2D eigenvalue weighted by molar-refractivity contribution is 5.16. The van der Waals surface area contributed by atoms with Crippen LogP contribution >= 0.6 is 0 Å². The van der Waals surface area contributed by atoms with Gasteiger partial charge in [-0.1, -0.05) is 0 Å². The van der Waals surface area contributed by atoms with Gasteiger partial charge < -0.3 is 5.32 Å². The monoisotopic (exact) mass is 191 g/mol. The van der Waals surface area contributed by atoms with Gasteiger partial charge in [0.2, 0.25) is 0 Å². The van der Waals surface area contributed by atoms with Gasteiger partial charge >= 0.3 is 0 Å². The van der Waals surface area contributed by atoms with E-state index in [1.165, 1.54) is 37.9 Å². The minimum Gasteiger partial charge on any atom is -0.316 e. The summed E-state index contributed by atoms with van der Waals surface area (Å²) in [6.07, 6.45) is 8.32. The average Bonchev–Trinajstić information content (AvgIpc) is 2.85. The molecule has 1 aliphatic heterocycles. The lowest BCUT2D eigenvalue weighted by atomic mass is 10.00. The second-order valence-electron chi connectivity index (χ2n) is 4.62. The third kappa shape index (κ3) is 1.69. The van der Waals surface area contributed by atoms with Gasteiger partial charge in [0.05, 0.1) is 6.20 Å². The maximum atomic E-state index is 4.40. The molecule has 3 rings (SSSR count). The maximum absolute atomic E-state index is 4.40. The number of nitrogens with zero attached hydrogens (tertiary/aromatic N) is 2. The SMILES string of the molecule is c1nn(CCC2CNC2)cc1C1CC1. The van der Waals surface area contributed by atoms with E-state index < -0.39 is 0 Å². The van der Waals surface area contributed by atoms with E-state index in [0.29, 0.717) is 0 Å². The van der Waals surface area contributed by atoms with Crippen LogP contribution in [0.2, 0.25) is 0 Å². The number of rotatable bonds is 4. The summed E-state index contributed by atoms with van der Waals surface area (Å²) in [5.74, 6) is 1.73.